The topological polar surface area (TPSA) is 171 Å². The number of carbonyl (C=O) groups is 2. The van der Waals surface area contributed by atoms with E-state index >= 15 is 0 Å². The number of nitrogens with zero attached hydrogens (tertiary/aromatic N) is 4. The molecule has 1 aliphatic carbocycles. The van der Waals surface area contributed by atoms with Gasteiger partial charge in [-0.15, -0.1) is 0 Å². The fourth-order valence-electron chi connectivity index (χ4n) is 4.36. The van der Waals surface area contributed by atoms with Crippen molar-refractivity contribution in [2.75, 3.05) is 31.2 Å². The third-order valence-corrected chi connectivity index (χ3v) is 6.80. The van der Waals surface area contributed by atoms with E-state index in [9.17, 15) is 19.2 Å². The molecule has 2 atom stereocenters. The Hall–Kier alpha value is -5.15. The van der Waals surface area contributed by atoms with Crippen molar-refractivity contribution >= 4 is 23.5 Å². The van der Waals surface area contributed by atoms with Crippen molar-refractivity contribution < 1.29 is 14.0 Å². The summed E-state index contributed by atoms with van der Waals surface area (Å²) in [5.74, 6) is -0.414. The minimum Gasteiger partial charge on any atom is -0.382 e. The molecule has 11 nitrogen and oxygen atoms in total. The maximum absolute atomic E-state index is 13.4. The number of carbonyl (C=O) groups excluding carboxylic acids is 2. The molecule has 0 saturated heterocycles. The molecule has 0 fully saturated rings. The summed E-state index contributed by atoms with van der Waals surface area (Å²) < 4.78 is 13.4. The van der Waals surface area contributed by atoms with Gasteiger partial charge in [0.1, 0.15) is 18.1 Å². The van der Waals surface area contributed by atoms with Crippen LogP contribution < -0.4 is 27.0 Å². The number of aromatic nitrogens is 3. The van der Waals surface area contributed by atoms with Gasteiger partial charge in [-0.1, -0.05) is 42.5 Å². The van der Waals surface area contributed by atoms with E-state index in [1.807, 2.05) is 44.3 Å². The number of amides is 2. The monoisotopic (exact) mass is 583 g/mol. The zero-order valence-electron chi connectivity index (χ0n) is 24.0. The predicted molar refractivity (Wildman–Crippen MR) is 163 cm³/mol. The maximum atomic E-state index is 13.4. The molecule has 0 saturated carbocycles. The van der Waals surface area contributed by atoms with Crippen LogP contribution in [0.3, 0.4) is 0 Å². The highest BCUT2D eigenvalue weighted by Gasteiger charge is 2.19. The van der Waals surface area contributed by atoms with Gasteiger partial charge in [0.15, 0.2) is 11.5 Å². The summed E-state index contributed by atoms with van der Waals surface area (Å²) in [4.78, 5) is 38.6. The molecule has 2 aromatic heterocycles. The zero-order valence-corrected chi connectivity index (χ0v) is 24.0. The lowest BCUT2D eigenvalue weighted by Gasteiger charge is -2.19. The molecule has 3 aromatic rings. The van der Waals surface area contributed by atoms with Crippen LogP contribution in [0.15, 0.2) is 66.5 Å². The summed E-state index contributed by atoms with van der Waals surface area (Å²) in [5, 5.41) is 21.3. The van der Waals surface area contributed by atoms with Gasteiger partial charge in [0.25, 0.3) is 11.8 Å². The van der Waals surface area contributed by atoms with Crippen molar-refractivity contribution in [2.24, 2.45) is 0 Å². The quantitative estimate of drug-likeness (QED) is 0.201. The molecule has 222 valence electrons. The first kappa shape index (κ1) is 30.8. The van der Waals surface area contributed by atoms with Gasteiger partial charge in [0, 0.05) is 31.3 Å². The number of benzene rings is 1. The number of rotatable bonds is 12. The summed E-state index contributed by atoms with van der Waals surface area (Å²) in [5.41, 5.74) is 9.40. The van der Waals surface area contributed by atoms with Gasteiger partial charge in [-0.25, -0.2) is 19.3 Å². The van der Waals surface area contributed by atoms with E-state index in [4.69, 9.17) is 5.73 Å². The smallest absolute Gasteiger partial charge is 0.273 e. The number of nitrogen functional groups attached to an aromatic ring is 1. The Kier molecular flexibility index (Phi) is 10.5. The molecule has 0 radical (unpaired) electrons. The second kappa shape index (κ2) is 14.7. The number of allylic oxidation sites excluding steroid dienone is 2. The first-order valence-electron chi connectivity index (χ1n) is 13.9. The Morgan fingerprint density at radius 2 is 1.95 bits per heavy atom. The molecule has 1 aromatic carbocycles. The first-order valence-corrected chi connectivity index (χ1v) is 13.9. The third kappa shape index (κ3) is 8.21. The summed E-state index contributed by atoms with van der Waals surface area (Å²) in [7, 11) is 1.84. The van der Waals surface area contributed by atoms with E-state index in [2.05, 4.69) is 36.2 Å². The maximum Gasteiger partial charge on any atom is 0.273 e. The van der Waals surface area contributed by atoms with Gasteiger partial charge in [0.05, 0.1) is 29.1 Å². The van der Waals surface area contributed by atoms with Crippen molar-refractivity contribution in [3.8, 4) is 17.3 Å². The van der Waals surface area contributed by atoms with Gasteiger partial charge in [0.2, 0.25) is 0 Å². The molecule has 1 aliphatic rings. The number of halogens is 1. The van der Waals surface area contributed by atoms with E-state index in [1.54, 1.807) is 12.2 Å². The molecule has 43 heavy (non-hydrogen) atoms. The van der Waals surface area contributed by atoms with E-state index in [0.717, 1.165) is 29.7 Å². The second-order valence-electron chi connectivity index (χ2n) is 9.99. The lowest BCUT2D eigenvalue weighted by Crippen LogP contribution is -2.34. The molecular weight excluding hydrogens is 549 g/mol. The number of alkyl halides is 1. The van der Waals surface area contributed by atoms with Crippen LogP contribution in [-0.4, -0.2) is 59.1 Å². The lowest BCUT2D eigenvalue weighted by atomic mass is 10.00. The van der Waals surface area contributed by atoms with E-state index in [1.165, 1.54) is 24.5 Å². The highest BCUT2D eigenvalue weighted by atomic mass is 19.1. The molecule has 2 amide bonds. The van der Waals surface area contributed by atoms with Crippen LogP contribution in [0.5, 0.6) is 0 Å². The number of anilines is 2. The highest BCUT2D eigenvalue weighted by Crippen LogP contribution is 2.22. The average molecular weight is 584 g/mol. The minimum atomic E-state index is -1.02. The predicted octanol–water partition coefficient (Wildman–Crippen LogP) is 3.29. The Labute approximate surface area is 249 Å². The summed E-state index contributed by atoms with van der Waals surface area (Å²) in [6.07, 6.45) is 7.83. The van der Waals surface area contributed by atoms with Gasteiger partial charge in [-0.2, -0.15) is 5.26 Å². The fraction of sp³-hybridized carbons (Fsp3) is 0.290. The molecule has 2 unspecified atom stereocenters. The summed E-state index contributed by atoms with van der Waals surface area (Å²) in [6.45, 7) is 3.42. The van der Waals surface area contributed by atoms with Crippen LogP contribution in [0.1, 0.15) is 51.7 Å². The number of nitrogens with two attached hydrogens (primary N) is 1. The molecule has 2 heterocycles. The fourth-order valence-corrected chi connectivity index (χ4v) is 4.36. The molecule has 0 spiro atoms. The molecular formula is C31H34FN9O2. The Balaban J connectivity index is 1.43. The lowest BCUT2D eigenvalue weighted by molar-refractivity contribution is 0.0939. The Bertz CT molecular complexity index is 1560. The van der Waals surface area contributed by atoms with Gasteiger partial charge in [-0.3, -0.25) is 9.59 Å². The van der Waals surface area contributed by atoms with Crippen molar-refractivity contribution in [2.45, 2.75) is 38.5 Å². The average Bonchev–Trinajstić information content (AvgIpc) is 3.02. The Morgan fingerprint density at radius 3 is 2.65 bits per heavy atom. The zero-order chi connectivity index (χ0) is 30.8. The SMILES string of the molecule is CNCCCNC(=O)c1nc(-c2ccc(CNc3ncc(C#N)cc3C(=O)NC(C)C3=CCC(F)C=C3)cc2)cnc1N. The number of pyridine rings is 1. The molecule has 6 N–H and O–H groups in total. The van der Waals surface area contributed by atoms with Crippen LogP contribution in [0.2, 0.25) is 0 Å². The van der Waals surface area contributed by atoms with Crippen LogP contribution in [0, 0.1) is 11.3 Å². The third-order valence-electron chi connectivity index (χ3n) is 6.80. The number of nitrogens with one attached hydrogen (secondary N) is 4. The van der Waals surface area contributed by atoms with Crippen LogP contribution >= 0.6 is 0 Å². The van der Waals surface area contributed by atoms with Crippen LogP contribution in [0.25, 0.3) is 11.3 Å². The Morgan fingerprint density at radius 1 is 1.16 bits per heavy atom. The first-order chi connectivity index (χ1) is 20.8. The van der Waals surface area contributed by atoms with Crippen molar-refractivity contribution in [3.05, 3.63) is 88.9 Å². The number of hydrogen-bond acceptors (Lipinski definition) is 9. The largest absolute Gasteiger partial charge is 0.382 e. The minimum absolute atomic E-state index is 0.0557. The van der Waals surface area contributed by atoms with Crippen molar-refractivity contribution in [1.29, 1.82) is 5.26 Å². The van der Waals surface area contributed by atoms with Crippen LogP contribution in [0.4, 0.5) is 16.0 Å². The molecule has 0 aliphatic heterocycles. The van der Waals surface area contributed by atoms with Gasteiger partial charge in [-0.05, 0) is 44.1 Å². The van der Waals surface area contributed by atoms with Gasteiger partial charge >= 0.3 is 0 Å². The molecule has 4 rings (SSSR count). The van der Waals surface area contributed by atoms with Crippen LogP contribution in [-0.2, 0) is 6.54 Å². The van der Waals surface area contributed by atoms with Gasteiger partial charge < -0.3 is 27.0 Å². The van der Waals surface area contributed by atoms with Crippen molar-refractivity contribution in [3.63, 3.8) is 0 Å². The normalized spacial score (nSPS) is 14.7. The number of hydrogen-bond donors (Lipinski definition) is 5. The molecule has 0 bridgehead atoms. The second-order valence-corrected chi connectivity index (χ2v) is 9.99. The standard InChI is InChI=1S/C31H34FN9O2/c1-19(22-8-10-24(32)11-9-22)40-30(42)25-14-21(15-33)17-39-29(25)38-16-20-4-6-23(7-5-20)26-18-37-28(34)27(41-26)31(43)36-13-3-12-35-2/h4-10,14,17-19,24,35H,3,11-13,16H2,1-2H3,(H2,34,37)(H,36,43)(H,38,39)(H,40,42). The summed E-state index contributed by atoms with van der Waals surface area (Å²) in [6, 6.07) is 10.6. The highest BCUT2D eigenvalue weighted by molar-refractivity contribution is 5.99. The number of nitriles is 1. The summed E-state index contributed by atoms with van der Waals surface area (Å²) >= 11 is 0. The van der Waals surface area contributed by atoms with Crippen molar-refractivity contribution in [1.82, 2.24) is 30.9 Å². The van der Waals surface area contributed by atoms with E-state index in [-0.39, 0.29) is 41.0 Å². The molecule has 12 heteroatoms. The van der Waals surface area contributed by atoms with E-state index in [0.29, 0.717) is 24.6 Å². The van der Waals surface area contributed by atoms with E-state index < -0.39 is 12.1 Å².